The first kappa shape index (κ1) is 26.4. The SMILES string of the molecule is CC#Cc1cc(CCCCCCCCC)c(C#CC)cc1CCCCCCCCC. The van der Waals surface area contributed by atoms with Crippen molar-refractivity contribution < 1.29 is 0 Å². The van der Waals surface area contributed by atoms with Crippen LogP contribution < -0.4 is 0 Å². The molecule has 0 bridgehead atoms. The number of hydrogen-bond donors (Lipinski definition) is 0. The molecule has 0 atom stereocenters. The second kappa shape index (κ2) is 18.1. The molecule has 1 aromatic rings. The molecule has 0 amide bonds. The van der Waals surface area contributed by atoms with Crippen LogP contribution in [-0.2, 0) is 12.8 Å². The quantitative estimate of drug-likeness (QED) is 0.190. The Bertz CT molecular complexity index is 625. The molecule has 0 spiro atoms. The van der Waals surface area contributed by atoms with Crippen molar-refractivity contribution in [3.63, 3.8) is 0 Å². The van der Waals surface area contributed by atoms with Gasteiger partial charge in [0.2, 0.25) is 0 Å². The van der Waals surface area contributed by atoms with Crippen molar-refractivity contribution >= 4 is 0 Å². The van der Waals surface area contributed by atoms with Gasteiger partial charge in [-0.2, -0.15) is 0 Å². The summed E-state index contributed by atoms with van der Waals surface area (Å²) in [5.74, 6) is 13.0. The average molecular weight is 407 g/mol. The second-order valence-corrected chi connectivity index (χ2v) is 8.66. The molecule has 0 aromatic heterocycles. The van der Waals surface area contributed by atoms with E-state index in [1.54, 1.807) is 0 Å². The largest absolute Gasteiger partial charge is 0.101 e. The first-order valence-corrected chi connectivity index (χ1v) is 12.8. The van der Waals surface area contributed by atoms with E-state index in [0.29, 0.717) is 0 Å². The van der Waals surface area contributed by atoms with Gasteiger partial charge in [0.25, 0.3) is 0 Å². The predicted molar refractivity (Wildman–Crippen MR) is 135 cm³/mol. The molecule has 0 fully saturated rings. The van der Waals surface area contributed by atoms with Crippen LogP contribution in [-0.4, -0.2) is 0 Å². The van der Waals surface area contributed by atoms with Crippen LogP contribution in [0.4, 0.5) is 0 Å². The first-order valence-electron chi connectivity index (χ1n) is 12.8. The van der Waals surface area contributed by atoms with Crippen molar-refractivity contribution in [3.8, 4) is 23.7 Å². The molecule has 1 rings (SSSR count). The number of aryl methyl sites for hydroxylation is 2. The highest BCUT2D eigenvalue weighted by Gasteiger charge is 2.08. The number of hydrogen-bond acceptors (Lipinski definition) is 0. The molecule has 1 aromatic carbocycles. The maximum absolute atomic E-state index is 3.38. The minimum atomic E-state index is 1.13. The zero-order chi connectivity index (χ0) is 21.9. The van der Waals surface area contributed by atoms with E-state index in [4.69, 9.17) is 0 Å². The third-order valence-electron chi connectivity index (χ3n) is 5.95. The summed E-state index contributed by atoms with van der Waals surface area (Å²) >= 11 is 0. The Kier molecular flexibility index (Phi) is 15.9. The van der Waals surface area contributed by atoms with Crippen LogP contribution >= 0.6 is 0 Å². The number of rotatable bonds is 16. The molecule has 0 aliphatic carbocycles. The van der Waals surface area contributed by atoms with Gasteiger partial charge in [-0.15, -0.1) is 11.8 Å². The minimum absolute atomic E-state index is 1.13. The summed E-state index contributed by atoms with van der Waals surface area (Å²) < 4.78 is 0. The van der Waals surface area contributed by atoms with E-state index in [-0.39, 0.29) is 0 Å². The summed E-state index contributed by atoms with van der Waals surface area (Å²) in [6.45, 7) is 8.47. The van der Waals surface area contributed by atoms with Crippen molar-refractivity contribution in [3.05, 3.63) is 34.4 Å². The summed E-state index contributed by atoms with van der Waals surface area (Å²) in [4.78, 5) is 0. The molecule has 0 aliphatic heterocycles. The number of unbranched alkanes of at least 4 members (excludes halogenated alkanes) is 12. The van der Waals surface area contributed by atoms with E-state index in [1.807, 2.05) is 13.8 Å². The smallest absolute Gasteiger partial charge is 0.0280 e. The van der Waals surface area contributed by atoms with Gasteiger partial charge in [0.15, 0.2) is 0 Å². The lowest BCUT2D eigenvalue weighted by molar-refractivity contribution is 0.588. The highest BCUT2D eigenvalue weighted by atomic mass is 14.1. The minimum Gasteiger partial charge on any atom is -0.101 e. The van der Waals surface area contributed by atoms with Gasteiger partial charge < -0.3 is 0 Å². The Labute approximate surface area is 188 Å². The fourth-order valence-electron chi connectivity index (χ4n) is 4.15. The van der Waals surface area contributed by atoms with Crippen LogP contribution in [0, 0.1) is 23.7 Å². The van der Waals surface area contributed by atoms with Crippen molar-refractivity contribution in [1.29, 1.82) is 0 Å². The van der Waals surface area contributed by atoms with Gasteiger partial charge in [0, 0.05) is 11.1 Å². The second-order valence-electron chi connectivity index (χ2n) is 8.66. The fourth-order valence-corrected chi connectivity index (χ4v) is 4.15. The molecule has 0 unspecified atom stereocenters. The molecule has 0 heterocycles. The molecular formula is C30H46. The molecule has 0 aliphatic rings. The molecule has 0 saturated carbocycles. The Morgan fingerprint density at radius 2 is 0.833 bits per heavy atom. The monoisotopic (exact) mass is 406 g/mol. The zero-order valence-electron chi connectivity index (χ0n) is 20.5. The Morgan fingerprint density at radius 1 is 0.500 bits per heavy atom. The van der Waals surface area contributed by atoms with Gasteiger partial charge in [-0.05, 0) is 62.8 Å². The molecule has 0 heteroatoms. The molecule has 0 radical (unpaired) electrons. The highest BCUT2D eigenvalue weighted by molar-refractivity contribution is 5.52. The van der Waals surface area contributed by atoms with Crippen LogP contribution in [0.3, 0.4) is 0 Å². The van der Waals surface area contributed by atoms with Gasteiger partial charge >= 0.3 is 0 Å². The van der Waals surface area contributed by atoms with Crippen LogP contribution in [0.15, 0.2) is 12.1 Å². The van der Waals surface area contributed by atoms with E-state index in [0.717, 1.165) is 12.8 Å². The van der Waals surface area contributed by atoms with Gasteiger partial charge in [-0.25, -0.2) is 0 Å². The Balaban J connectivity index is 2.67. The van der Waals surface area contributed by atoms with Crippen LogP contribution in [0.25, 0.3) is 0 Å². The lowest BCUT2D eigenvalue weighted by Gasteiger charge is -2.12. The Morgan fingerprint density at radius 3 is 1.17 bits per heavy atom. The van der Waals surface area contributed by atoms with Gasteiger partial charge in [-0.3, -0.25) is 0 Å². The molecule has 0 N–H and O–H groups in total. The standard InChI is InChI=1S/C30H46/c1-5-9-11-13-15-17-19-23-29-25-28(22-8-4)30(26-27(29)21-7-3)24-20-18-16-14-12-10-6-2/h25-26H,5-6,9-20,23-24H2,1-4H3. The predicted octanol–water partition coefficient (Wildman–Crippen LogP) is 9.02. The van der Waals surface area contributed by atoms with Crippen molar-refractivity contribution in [2.75, 3.05) is 0 Å². The zero-order valence-corrected chi connectivity index (χ0v) is 20.5. The van der Waals surface area contributed by atoms with E-state index in [2.05, 4.69) is 49.7 Å². The third kappa shape index (κ3) is 11.5. The van der Waals surface area contributed by atoms with Crippen molar-refractivity contribution in [2.24, 2.45) is 0 Å². The number of benzene rings is 1. The first-order chi connectivity index (χ1) is 14.8. The molecule has 30 heavy (non-hydrogen) atoms. The molecule has 0 nitrogen and oxygen atoms in total. The summed E-state index contributed by atoms with van der Waals surface area (Å²) in [6, 6.07) is 4.70. The molecule has 0 saturated heterocycles. The van der Waals surface area contributed by atoms with Crippen LogP contribution in [0.2, 0.25) is 0 Å². The normalized spacial score (nSPS) is 10.3. The molecular weight excluding hydrogens is 360 g/mol. The van der Waals surface area contributed by atoms with Gasteiger partial charge in [0.05, 0.1) is 0 Å². The highest BCUT2D eigenvalue weighted by Crippen LogP contribution is 2.22. The van der Waals surface area contributed by atoms with E-state index in [9.17, 15) is 0 Å². The van der Waals surface area contributed by atoms with Gasteiger partial charge in [-0.1, -0.05) is 103 Å². The summed E-state index contributed by atoms with van der Waals surface area (Å²) in [6.07, 6.45) is 21.2. The van der Waals surface area contributed by atoms with Crippen LogP contribution in [0.5, 0.6) is 0 Å². The molecule has 166 valence electrons. The van der Waals surface area contributed by atoms with E-state index in [1.165, 1.54) is 112 Å². The van der Waals surface area contributed by atoms with Crippen molar-refractivity contribution in [2.45, 2.75) is 130 Å². The van der Waals surface area contributed by atoms with E-state index < -0.39 is 0 Å². The average Bonchev–Trinajstić information content (AvgIpc) is 2.75. The van der Waals surface area contributed by atoms with Gasteiger partial charge in [0.1, 0.15) is 0 Å². The topological polar surface area (TPSA) is 0 Å². The summed E-state index contributed by atoms with van der Waals surface area (Å²) in [5, 5.41) is 0. The summed E-state index contributed by atoms with van der Waals surface area (Å²) in [5.41, 5.74) is 5.28. The van der Waals surface area contributed by atoms with Crippen LogP contribution in [0.1, 0.15) is 140 Å². The fraction of sp³-hybridized carbons (Fsp3) is 0.667. The Hall–Kier alpha value is -1.66. The summed E-state index contributed by atoms with van der Waals surface area (Å²) in [7, 11) is 0. The third-order valence-corrected chi connectivity index (χ3v) is 5.95. The van der Waals surface area contributed by atoms with Crippen molar-refractivity contribution in [1.82, 2.24) is 0 Å². The lowest BCUT2D eigenvalue weighted by Crippen LogP contribution is -1.99. The lowest BCUT2D eigenvalue weighted by atomic mass is 9.92. The maximum atomic E-state index is 3.38. The maximum Gasteiger partial charge on any atom is 0.0280 e. The van der Waals surface area contributed by atoms with E-state index >= 15 is 0 Å².